The van der Waals surface area contributed by atoms with Crippen molar-refractivity contribution in [1.82, 2.24) is 5.43 Å². The fraction of sp³-hybridized carbons (Fsp3) is 0.130. The predicted molar refractivity (Wildman–Crippen MR) is 122 cm³/mol. The zero-order valence-corrected chi connectivity index (χ0v) is 18.3. The van der Waals surface area contributed by atoms with Crippen LogP contribution in [-0.4, -0.2) is 30.1 Å². The van der Waals surface area contributed by atoms with E-state index >= 15 is 0 Å². The van der Waals surface area contributed by atoms with Crippen LogP contribution in [0.15, 0.2) is 71.1 Å². The van der Waals surface area contributed by atoms with Gasteiger partial charge in [-0.15, -0.1) is 11.3 Å². The number of nitrogens with one attached hydrogen (secondary N) is 2. The van der Waals surface area contributed by atoms with E-state index in [9.17, 15) is 14.4 Å². The lowest BCUT2D eigenvalue weighted by molar-refractivity contribution is -0.136. The molecule has 9 heteroatoms. The Hall–Kier alpha value is -3.98. The zero-order valence-electron chi connectivity index (χ0n) is 17.5. The van der Waals surface area contributed by atoms with Crippen molar-refractivity contribution in [2.75, 3.05) is 11.9 Å². The third-order valence-electron chi connectivity index (χ3n) is 4.16. The number of nitrogens with zero attached hydrogens (tertiary/aromatic N) is 1. The number of hydrogen-bond acceptors (Lipinski definition) is 7. The highest BCUT2D eigenvalue weighted by Crippen LogP contribution is 2.21. The SMILES string of the molecule is CCOc1ccc(NC(=O)C(=O)N/N=C(\C)c2ccccc2OC(=O)c2cccs2)cc1. The first-order chi connectivity index (χ1) is 15.5. The summed E-state index contributed by atoms with van der Waals surface area (Å²) in [5, 5.41) is 8.24. The van der Waals surface area contributed by atoms with Gasteiger partial charge in [0.05, 0.1) is 12.3 Å². The lowest BCUT2D eigenvalue weighted by Crippen LogP contribution is -2.33. The second kappa shape index (κ2) is 10.9. The molecule has 2 aromatic carbocycles. The maximum absolute atomic E-state index is 12.3. The second-order valence-electron chi connectivity index (χ2n) is 6.41. The molecule has 3 rings (SSSR count). The maximum atomic E-state index is 12.3. The standard InChI is InChI=1S/C23H21N3O5S/c1-3-30-17-12-10-16(11-13-17)24-21(27)22(28)26-25-15(2)18-7-4-5-8-19(18)31-23(29)20-9-6-14-32-20/h4-14H,3H2,1-2H3,(H,24,27)(H,26,28)/b25-15+. The molecule has 0 unspecified atom stereocenters. The van der Waals surface area contributed by atoms with Crippen LogP contribution < -0.4 is 20.2 Å². The second-order valence-corrected chi connectivity index (χ2v) is 7.36. The highest BCUT2D eigenvalue weighted by Gasteiger charge is 2.16. The number of hydrazone groups is 1. The van der Waals surface area contributed by atoms with Gasteiger partial charge in [-0.3, -0.25) is 9.59 Å². The Bertz CT molecular complexity index is 1120. The van der Waals surface area contributed by atoms with Crippen LogP contribution in [0.3, 0.4) is 0 Å². The third-order valence-corrected chi connectivity index (χ3v) is 5.01. The zero-order chi connectivity index (χ0) is 22.9. The Morgan fingerprint density at radius 3 is 2.41 bits per heavy atom. The van der Waals surface area contributed by atoms with Gasteiger partial charge in [0.1, 0.15) is 16.4 Å². The van der Waals surface area contributed by atoms with Crippen molar-refractivity contribution in [3.8, 4) is 11.5 Å². The molecule has 32 heavy (non-hydrogen) atoms. The molecular weight excluding hydrogens is 430 g/mol. The number of thiophene rings is 1. The lowest BCUT2D eigenvalue weighted by Gasteiger charge is -2.09. The van der Waals surface area contributed by atoms with E-state index in [0.29, 0.717) is 39.9 Å². The summed E-state index contributed by atoms with van der Waals surface area (Å²) in [5.41, 5.74) is 3.53. The molecule has 0 fully saturated rings. The smallest absolute Gasteiger partial charge is 0.353 e. The molecule has 0 radical (unpaired) electrons. The van der Waals surface area contributed by atoms with Gasteiger partial charge in [-0.05, 0) is 61.7 Å². The molecule has 3 aromatic rings. The summed E-state index contributed by atoms with van der Waals surface area (Å²) in [6.07, 6.45) is 0. The van der Waals surface area contributed by atoms with E-state index in [1.54, 1.807) is 73.0 Å². The summed E-state index contributed by atoms with van der Waals surface area (Å²) in [7, 11) is 0. The molecule has 0 saturated carbocycles. The third kappa shape index (κ3) is 6.02. The van der Waals surface area contributed by atoms with E-state index in [-0.39, 0.29) is 0 Å². The highest BCUT2D eigenvalue weighted by molar-refractivity contribution is 7.12. The molecule has 1 heterocycles. The topological polar surface area (TPSA) is 106 Å². The number of benzene rings is 2. The molecule has 2 N–H and O–H groups in total. The van der Waals surface area contributed by atoms with Gasteiger partial charge in [-0.2, -0.15) is 5.10 Å². The summed E-state index contributed by atoms with van der Waals surface area (Å²) in [5.74, 6) is -1.35. The number of esters is 1. The van der Waals surface area contributed by atoms with E-state index in [2.05, 4.69) is 15.8 Å². The average Bonchev–Trinajstić information content (AvgIpc) is 3.34. The molecule has 0 bridgehead atoms. The molecule has 8 nitrogen and oxygen atoms in total. The van der Waals surface area contributed by atoms with E-state index in [1.807, 2.05) is 6.92 Å². The molecule has 0 spiro atoms. The van der Waals surface area contributed by atoms with Gasteiger partial charge in [0.25, 0.3) is 0 Å². The van der Waals surface area contributed by atoms with Crippen molar-refractivity contribution in [1.29, 1.82) is 0 Å². The fourth-order valence-corrected chi connectivity index (χ4v) is 3.23. The van der Waals surface area contributed by atoms with Crippen LogP contribution in [0.1, 0.15) is 29.1 Å². The number of rotatable bonds is 7. The Morgan fingerprint density at radius 2 is 1.72 bits per heavy atom. The molecule has 0 aliphatic heterocycles. The molecular formula is C23H21N3O5S. The molecule has 0 aliphatic rings. The van der Waals surface area contributed by atoms with Gasteiger partial charge >= 0.3 is 17.8 Å². The van der Waals surface area contributed by atoms with E-state index in [0.717, 1.165) is 0 Å². The normalized spacial score (nSPS) is 10.9. The Morgan fingerprint density at radius 1 is 0.969 bits per heavy atom. The summed E-state index contributed by atoms with van der Waals surface area (Å²) in [6, 6.07) is 16.8. The number of anilines is 1. The minimum atomic E-state index is -0.939. The monoisotopic (exact) mass is 451 g/mol. The highest BCUT2D eigenvalue weighted by atomic mass is 32.1. The van der Waals surface area contributed by atoms with Gasteiger partial charge in [-0.1, -0.05) is 18.2 Å². The van der Waals surface area contributed by atoms with Crippen molar-refractivity contribution >= 4 is 40.5 Å². The van der Waals surface area contributed by atoms with E-state index in [4.69, 9.17) is 9.47 Å². The van der Waals surface area contributed by atoms with Crippen molar-refractivity contribution in [2.45, 2.75) is 13.8 Å². The molecule has 2 amide bonds. The average molecular weight is 452 g/mol. The fourth-order valence-electron chi connectivity index (χ4n) is 2.63. The molecule has 0 atom stereocenters. The number of carbonyl (C=O) groups excluding carboxylic acids is 3. The molecule has 0 aliphatic carbocycles. The van der Waals surface area contributed by atoms with Crippen molar-refractivity contribution in [3.05, 3.63) is 76.5 Å². The maximum Gasteiger partial charge on any atom is 0.353 e. The number of amides is 2. The Labute approximate surface area is 188 Å². The molecule has 1 aromatic heterocycles. The summed E-state index contributed by atoms with van der Waals surface area (Å²) < 4.78 is 10.8. The first-order valence-corrected chi connectivity index (χ1v) is 10.6. The van der Waals surface area contributed by atoms with Crippen LogP contribution in [0.2, 0.25) is 0 Å². The van der Waals surface area contributed by atoms with Gasteiger partial charge in [0.15, 0.2) is 0 Å². The number of hydrogen-bond donors (Lipinski definition) is 2. The largest absolute Gasteiger partial charge is 0.494 e. The van der Waals surface area contributed by atoms with Gasteiger partial charge in [-0.25, -0.2) is 10.2 Å². The molecule has 0 saturated heterocycles. The Balaban J connectivity index is 1.63. The van der Waals surface area contributed by atoms with Gasteiger partial charge < -0.3 is 14.8 Å². The van der Waals surface area contributed by atoms with E-state index < -0.39 is 17.8 Å². The summed E-state index contributed by atoms with van der Waals surface area (Å²) in [4.78, 5) is 37.0. The van der Waals surface area contributed by atoms with Crippen LogP contribution >= 0.6 is 11.3 Å². The van der Waals surface area contributed by atoms with Crippen LogP contribution in [0.4, 0.5) is 5.69 Å². The van der Waals surface area contributed by atoms with Crippen molar-refractivity contribution in [3.63, 3.8) is 0 Å². The number of carbonyl (C=O) groups is 3. The predicted octanol–water partition coefficient (Wildman–Crippen LogP) is 3.84. The van der Waals surface area contributed by atoms with Gasteiger partial charge in [0, 0.05) is 11.3 Å². The quantitative estimate of drug-likeness (QED) is 0.187. The van der Waals surface area contributed by atoms with Crippen LogP contribution in [0.25, 0.3) is 0 Å². The van der Waals surface area contributed by atoms with Crippen LogP contribution in [0, 0.1) is 0 Å². The van der Waals surface area contributed by atoms with Crippen molar-refractivity contribution in [2.24, 2.45) is 5.10 Å². The van der Waals surface area contributed by atoms with Crippen molar-refractivity contribution < 1.29 is 23.9 Å². The first kappa shape index (κ1) is 22.7. The summed E-state index contributed by atoms with van der Waals surface area (Å²) >= 11 is 1.27. The lowest BCUT2D eigenvalue weighted by atomic mass is 10.1. The first-order valence-electron chi connectivity index (χ1n) is 9.71. The summed E-state index contributed by atoms with van der Waals surface area (Å²) in [6.45, 7) is 4.03. The minimum absolute atomic E-state index is 0.292. The van der Waals surface area contributed by atoms with E-state index in [1.165, 1.54) is 11.3 Å². The number of para-hydroxylation sites is 1. The van der Waals surface area contributed by atoms with Crippen LogP contribution in [-0.2, 0) is 9.59 Å². The van der Waals surface area contributed by atoms with Crippen LogP contribution in [0.5, 0.6) is 11.5 Å². The minimum Gasteiger partial charge on any atom is -0.494 e. The molecule has 164 valence electrons. The number of ether oxygens (including phenoxy) is 2. The Kier molecular flexibility index (Phi) is 7.71. The van der Waals surface area contributed by atoms with Gasteiger partial charge in [0.2, 0.25) is 0 Å².